The van der Waals surface area contributed by atoms with Gasteiger partial charge in [-0.05, 0) is 35.9 Å². The number of carbonyl (C=O) groups excluding carboxylic acids is 1. The van der Waals surface area contributed by atoms with Crippen molar-refractivity contribution in [1.29, 1.82) is 0 Å². The van der Waals surface area contributed by atoms with Gasteiger partial charge in [-0.1, -0.05) is 12.1 Å². The van der Waals surface area contributed by atoms with Crippen molar-refractivity contribution in [2.45, 2.75) is 13.0 Å². The fraction of sp³-hybridized carbons (Fsp3) is 0.217. The average Bonchev–Trinajstić information content (AvgIpc) is 3.39. The number of methoxy groups -OCH3 is 3. The highest BCUT2D eigenvalue weighted by atomic mass is 32.1. The minimum absolute atomic E-state index is 0.0446. The van der Waals surface area contributed by atoms with Gasteiger partial charge in [0, 0.05) is 29.4 Å². The standard InChI is InChI=1S/C23H23N3O4S/c1-28-18-7-4-15(5-8-18)12-24-22(27)11-17-14-31-23-25-19(13-26(17)23)16-6-9-20(29-2)21(10-16)30-3/h4-10,13-14H,11-12H2,1-3H3,(H,24,27). The van der Waals surface area contributed by atoms with E-state index in [1.807, 2.05) is 58.4 Å². The third-order valence-corrected chi connectivity index (χ3v) is 5.84. The van der Waals surface area contributed by atoms with Gasteiger partial charge < -0.3 is 19.5 Å². The molecule has 160 valence electrons. The molecular formula is C23H23N3O4S. The van der Waals surface area contributed by atoms with Crippen LogP contribution in [0.2, 0.25) is 0 Å². The molecule has 0 unspecified atom stereocenters. The van der Waals surface area contributed by atoms with Gasteiger partial charge in [0.2, 0.25) is 5.91 Å². The number of hydrogen-bond acceptors (Lipinski definition) is 6. The van der Waals surface area contributed by atoms with Gasteiger partial charge in [0.25, 0.3) is 0 Å². The summed E-state index contributed by atoms with van der Waals surface area (Å²) in [6.07, 6.45) is 2.22. The van der Waals surface area contributed by atoms with Crippen molar-refractivity contribution >= 4 is 22.2 Å². The summed E-state index contributed by atoms with van der Waals surface area (Å²) in [4.78, 5) is 18.0. The second-order valence-electron chi connectivity index (χ2n) is 6.88. The number of hydrogen-bond donors (Lipinski definition) is 1. The molecule has 7 nitrogen and oxygen atoms in total. The third kappa shape index (κ3) is 4.49. The zero-order valence-corrected chi connectivity index (χ0v) is 18.4. The van der Waals surface area contributed by atoms with Crippen LogP contribution >= 0.6 is 11.3 Å². The van der Waals surface area contributed by atoms with E-state index >= 15 is 0 Å². The summed E-state index contributed by atoms with van der Waals surface area (Å²) in [5, 5.41) is 4.93. The Morgan fingerprint density at radius 2 is 1.81 bits per heavy atom. The number of nitrogens with one attached hydrogen (secondary N) is 1. The zero-order valence-electron chi connectivity index (χ0n) is 17.5. The molecule has 1 amide bonds. The molecule has 0 fully saturated rings. The Labute approximate surface area is 184 Å². The van der Waals surface area contributed by atoms with Gasteiger partial charge in [0.1, 0.15) is 5.75 Å². The van der Waals surface area contributed by atoms with Gasteiger partial charge in [0.05, 0.1) is 33.4 Å². The van der Waals surface area contributed by atoms with Crippen molar-refractivity contribution < 1.29 is 19.0 Å². The van der Waals surface area contributed by atoms with Crippen LogP contribution in [0.5, 0.6) is 17.2 Å². The Balaban J connectivity index is 1.46. The summed E-state index contributed by atoms with van der Waals surface area (Å²) in [5.41, 5.74) is 3.64. The highest BCUT2D eigenvalue weighted by Crippen LogP contribution is 2.32. The second-order valence-corrected chi connectivity index (χ2v) is 7.71. The molecule has 0 saturated carbocycles. The summed E-state index contributed by atoms with van der Waals surface area (Å²) in [6.45, 7) is 0.469. The molecule has 1 N–H and O–H groups in total. The Bertz CT molecular complexity index is 1200. The monoisotopic (exact) mass is 437 g/mol. The first-order valence-electron chi connectivity index (χ1n) is 9.68. The molecule has 4 aromatic rings. The van der Waals surface area contributed by atoms with Crippen molar-refractivity contribution in [3.63, 3.8) is 0 Å². The maximum absolute atomic E-state index is 12.5. The van der Waals surface area contributed by atoms with Gasteiger partial charge in [-0.3, -0.25) is 9.20 Å². The van der Waals surface area contributed by atoms with E-state index in [0.29, 0.717) is 18.0 Å². The zero-order chi connectivity index (χ0) is 21.8. The van der Waals surface area contributed by atoms with Gasteiger partial charge in [-0.15, -0.1) is 11.3 Å². The number of ether oxygens (including phenoxy) is 3. The van der Waals surface area contributed by atoms with Gasteiger partial charge in [0.15, 0.2) is 16.5 Å². The van der Waals surface area contributed by atoms with Crippen molar-refractivity contribution in [1.82, 2.24) is 14.7 Å². The Morgan fingerprint density at radius 1 is 1.03 bits per heavy atom. The van der Waals surface area contributed by atoms with E-state index in [9.17, 15) is 4.79 Å². The minimum atomic E-state index is -0.0446. The molecule has 0 aliphatic heterocycles. The van der Waals surface area contributed by atoms with Crippen LogP contribution in [-0.2, 0) is 17.8 Å². The maximum atomic E-state index is 12.5. The van der Waals surface area contributed by atoms with Crippen molar-refractivity contribution in [2.75, 3.05) is 21.3 Å². The summed E-state index contributed by atoms with van der Waals surface area (Å²) in [5.74, 6) is 2.06. The summed E-state index contributed by atoms with van der Waals surface area (Å²) >= 11 is 1.51. The Hall–Kier alpha value is -3.52. The predicted molar refractivity (Wildman–Crippen MR) is 120 cm³/mol. The first-order chi connectivity index (χ1) is 15.1. The lowest BCUT2D eigenvalue weighted by molar-refractivity contribution is -0.120. The number of rotatable bonds is 8. The quantitative estimate of drug-likeness (QED) is 0.452. The van der Waals surface area contributed by atoms with Crippen molar-refractivity contribution in [3.8, 4) is 28.5 Å². The van der Waals surface area contributed by atoms with E-state index in [0.717, 1.165) is 33.2 Å². The van der Waals surface area contributed by atoms with E-state index in [-0.39, 0.29) is 12.3 Å². The first-order valence-corrected chi connectivity index (χ1v) is 10.6. The number of fused-ring (bicyclic) bond motifs is 1. The summed E-state index contributed by atoms with van der Waals surface area (Å²) in [7, 11) is 4.84. The van der Waals surface area contributed by atoms with Crippen LogP contribution in [0, 0.1) is 0 Å². The maximum Gasteiger partial charge on any atom is 0.226 e. The molecule has 2 heterocycles. The van der Waals surface area contributed by atoms with Crippen molar-refractivity contribution in [3.05, 3.63) is 65.3 Å². The lowest BCUT2D eigenvalue weighted by Crippen LogP contribution is -2.24. The molecular weight excluding hydrogens is 414 g/mol. The van der Waals surface area contributed by atoms with Crippen molar-refractivity contribution in [2.24, 2.45) is 0 Å². The van der Waals surface area contributed by atoms with Crippen LogP contribution in [-0.4, -0.2) is 36.6 Å². The van der Waals surface area contributed by atoms with Crippen LogP contribution in [0.25, 0.3) is 16.2 Å². The van der Waals surface area contributed by atoms with Crippen LogP contribution in [0.1, 0.15) is 11.3 Å². The molecule has 0 radical (unpaired) electrons. The van der Waals surface area contributed by atoms with E-state index in [2.05, 4.69) is 5.32 Å². The topological polar surface area (TPSA) is 74.1 Å². The number of nitrogens with zero attached hydrogens (tertiary/aromatic N) is 2. The average molecular weight is 438 g/mol. The predicted octanol–water partition coefficient (Wildman–Crippen LogP) is 3.95. The minimum Gasteiger partial charge on any atom is -0.497 e. The lowest BCUT2D eigenvalue weighted by atomic mass is 10.1. The highest BCUT2D eigenvalue weighted by molar-refractivity contribution is 7.15. The number of imidazole rings is 1. The highest BCUT2D eigenvalue weighted by Gasteiger charge is 2.14. The molecule has 2 aromatic heterocycles. The first kappa shape index (κ1) is 20.7. The van der Waals surface area contributed by atoms with Crippen LogP contribution in [0.15, 0.2) is 54.0 Å². The van der Waals surface area contributed by atoms with Gasteiger partial charge in [-0.2, -0.15) is 0 Å². The number of aromatic nitrogens is 2. The molecule has 0 aliphatic carbocycles. The molecule has 0 atom stereocenters. The molecule has 2 aromatic carbocycles. The van der Waals surface area contributed by atoms with Gasteiger partial charge in [-0.25, -0.2) is 4.98 Å². The lowest BCUT2D eigenvalue weighted by Gasteiger charge is -2.08. The third-order valence-electron chi connectivity index (χ3n) is 4.95. The number of thiazole rings is 1. The summed E-state index contributed by atoms with van der Waals surface area (Å²) in [6, 6.07) is 13.3. The van der Waals surface area contributed by atoms with E-state index in [1.165, 1.54) is 11.3 Å². The molecule has 0 aliphatic rings. The fourth-order valence-electron chi connectivity index (χ4n) is 3.26. The van der Waals surface area contributed by atoms with E-state index in [4.69, 9.17) is 19.2 Å². The summed E-state index contributed by atoms with van der Waals surface area (Å²) < 4.78 is 17.8. The molecule has 31 heavy (non-hydrogen) atoms. The van der Waals surface area contributed by atoms with Crippen LogP contribution in [0.4, 0.5) is 0 Å². The molecule has 8 heteroatoms. The molecule has 0 spiro atoms. The Kier molecular flexibility index (Phi) is 6.08. The molecule has 4 rings (SSSR count). The largest absolute Gasteiger partial charge is 0.497 e. The number of amides is 1. The fourth-order valence-corrected chi connectivity index (χ4v) is 4.14. The number of carbonyl (C=O) groups is 1. The van der Waals surface area contributed by atoms with E-state index in [1.54, 1.807) is 21.3 Å². The Morgan fingerprint density at radius 3 is 2.52 bits per heavy atom. The normalized spacial score (nSPS) is 10.8. The van der Waals surface area contributed by atoms with E-state index < -0.39 is 0 Å². The SMILES string of the molecule is COc1ccc(CNC(=O)Cc2csc3nc(-c4ccc(OC)c(OC)c4)cn23)cc1. The molecule has 0 saturated heterocycles. The van der Waals surface area contributed by atoms with Gasteiger partial charge >= 0.3 is 0 Å². The number of benzene rings is 2. The smallest absolute Gasteiger partial charge is 0.226 e. The second kappa shape index (κ2) is 9.09. The molecule has 0 bridgehead atoms. The van der Waals surface area contributed by atoms with Crippen LogP contribution < -0.4 is 19.5 Å². The van der Waals surface area contributed by atoms with Crippen LogP contribution in [0.3, 0.4) is 0 Å².